The minimum atomic E-state index is -0.323. The molecule has 0 saturated carbocycles. The van der Waals surface area contributed by atoms with E-state index in [4.69, 9.17) is 14.2 Å². The van der Waals surface area contributed by atoms with Gasteiger partial charge >= 0.3 is 0 Å². The molecule has 4 heteroatoms. The van der Waals surface area contributed by atoms with E-state index >= 15 is 0 Å². The molecule has 1 rings (SSSR count). The summed E-state index contributed by atoms with van der Waals surface area (Å²) in [4.78, 5) is 4.31. The highest BCUT2D eigenvalue weighted by molar-refractivity contribution is 5.16. The lowest BCUT2D eigenvalue weighted by molar-refractivity contribution is -0.176. The van der Waals surface area contributed by atoms with Gasteiger partial charge in [-0.3, -0.25) is 4.98 Å². The second kappa shape index (κ2) is 9.64. The standard InChI is InChI=1S/C16H25NO3/c1-5-8-15(14-10-9-13(4)17-11-14)20-12-16(18-6-2)19-7-3/h5,9-11,15-16H,1,6-8,12H2,2-4H3. The van der Waals surface area contributed by atoms with Crippen LogP contribution >= 0.6 is 0 Å². The lowest BCUT2D eigenvalue weighted by Gasteiger charge is -2.21. The summed E-state index contributed by atoms with van der Waals surface area (Å²) in [6.45, 7) is 11.2. The molecule has 0 saturated heterocycles. The van der Waals surface area contributed by atoms with Crippen molar-refractivity contribution in [2.45, 2.75) is 39.6 Å². The topological polar surface area (TPSA) is 40.6 Å². The first-order valence-electron chi connectivity index (χ1n) is 7.09. The fourth-order valence-electron chi connectivity index (χ4n) is 1.83. The third kappa shape index (κ3) is 5.82. The van der Waals surface area contributed by atoms with Gasteiger partial charge in [0.25, 0.3) is 0 Å². The minimum absolute atomic E-state index is 0.0657. The highest BCUT2D eigenvalue weighted by Crippen LogP contribution is 2.21. The van der Waals surface area contributed by atoms with E-state index in [0.29, 0.717) is 19.8 Å². The van der Waals surface area contributed by atoms with Crippen LogP contribution in [0.4, 0.5) is 0 Å². The molecular formula is C16H25NO3. The molecule has 0 aliphatic rings. The first kappa shape index (κ1) is 16.8. The summed E-state index contributed by atoms with van der Waals surface area (Å²) < 4.78 is 16.9. The lowest BCUT2D eigenvalue weighted by atomic mass is 10.1. The SMILES string of the molecule is C=CCC(OCC(OCC)OCC)c1ccc(C)nc1. The van der Waals surface area contributed by atoms with Gasteiger partial charge in [0.2, 0.25) is 0 Å². The van der Waals surface area contributed by atoms with Gasteiger partial charge in [0.15, 0.2) is 6.29 Å². The molecule has 0 N–H and O–H groups in total. The van der Waals surface area contributed by atoms with E-state index in [9.17, 15) is 0 Å². The van der Waals surface area contributed by atoms with Gasteiger partial charge in [-0.2, -0.15) is 0 Å². The predicted octanol–water partition coefficient (Wildman–Crippen LogP) is 3.42. The predicted molar refractivity (Wildman–Crippen MR) is 79.5 cm³/mol. The molecule has 0 amide bonds. The molecule has 112 valence electrons. The third-order valence-corrected chi connectivity index (χ3v) is 2.83. The van der Waals surface area contributed by atoms with Crippen LogP contribution in [-0.4, -0.2) is 31.1 Å². The molecule has 1 heterocycles. The van der Waals surface area contributed by atoms with Crippen molar-refractivity contribution in [1.82, 2.24) is 4.98 Å². The smallest absolute Gasteiger partial charge is 0.180 e. The fraction of sp³-hybridized carbons (Fsp3) is 0.562. The zero-order valence-corrected chi connectivity index (χ0v) is 12.7. The number of aromatic nitrogens is 1. The van der Waals surface area contributed by atoms with Gasteiger partial charge in [0.05, 0.1) is 12.7 Å². The van der Waals surface area contributed by atoms with E-state index in [1.54, 1.807) is 0 Å². The molecular weight excluding hydrogens is 254 g/mol. The number of ether oxygens (including phenoxy) is 3. The second-order valence-corrected chi connectivity index (χ2v) is 4.42. The summed E-state index contributed by atoms with van der Waals surface area (Å²) in [5.41, 5.74) is 2.04. The number of hydrogen-bond acceptors (Lipinski definition) is 4. The van der Waals surface area contributed by atoms with Gasteiger partial charge in [-0.25, -0.2) is 0 Å². The maximum absolute atomic E-state index is 5.91. The summed E-state index contributed by atoms with van der Waals surface area (Å²) in [5, 5.41) is 0. The third-order valence-electron chi connectivity index (χ3n) is 2.83. The van der Waals surface area contributed by atoms with E-state index in [1.807, 2.05) is 45.2 Å². The zero-order chi connectivity index (χ0) is 14.8. The van der Waals surface area contributed by atoms with Crippen LogP contribution in [0.3, 0.4) is 0 Å². The Bertz CT molecular complexity index is 372. The molecule has 0 spiro atoms. The zero-order valence-electron chi connectivity index (χ0n) is 12.7. The van der Waals surface area contributed by atoms with Crippen molar-refractivity contribution >= 4 is 0 Å². The van der Waals surface area contributed by atoms with E-state index < -0.39 is 0 Å². The van der Waals surface area contributed by atoms with Crippen LogP contribution in [0.2, 0.25) is 0 Å². The van der Waals surface area contributed by atoms with Gasteiger partial charge in [-0.05, 0) is 38.8 Å². The van der Waals surface area contributed by atoms with Crippen LogP contribution in [0.1, 0.15) is 37.6 Å². The van der Waals surface area contributed by atoms with E-state index in [0.717, 1.165) is 17.7 Å². The lowest BCUT2D eigenvalue weighted by Crippen LogP contribution is -2.24. The first-order chi connectivity index (χ1) is 9.71. The van der Waals surface area contributed by atoms with E-state index in [-0.39, 0.29) is 12.4 Å². The van der Waals surface area contributed by atoms with Crippen molar-refractivity contribution < 1.29 is 14.2 Å². The van der Waals surface area contributed by atoms with Crippen LogP contribution in [0.25, 0.3) is 0 Å². The van der Waals surface area contributed by atoms with Crippen molar-refractivity contribution in [3.63, 3.8) is 0 Å². The summed E-state index contributed by atoms with van der Waals surface area (Å²) in [6.07, 6.45) is 4.04. The summed E-state index contributed by atoms with van der Waals surface area (Å²) >= 11 is 0. The minimum Gasteiger partial charge on any atom is -0.368 e. The van der Waals surface area contributed by atoms with Crippen molar-refractivity contribution in [1.29, 1.82) is 0 Å². The quantitative estimate of drug-likeness (QED) is 0.486. The molecule has 20 heavy (non-hydrogen) atoms. The van der Waals surface area contributed by atoms with Crippen LogP contribution in [-0.2, 0) is 14.2 Å². The Morgan fingerprint density at radius 3 is 2.40 bits per heavy atom. The van der Waals surface area contributed by atoms with Gasteiger partial charge in [0.1, 0.15) is 0 Å². The molecule has 4 nitrogen and oxygen atoms in total. The average molecular weight is 279 g/mol. The van der Waals surface area contributed by atoms with Crippen LogP contribution < -0.4 is 0 Å². The highest BCUT2D eigenvalue weighted by Gasteiger charge is 2.15. The first-order valence-corrected chi connectivity index (χ1v) is 7.09. The Labute approximate surface area is 121 Å². The number of pyridine rings is 1. The Balaban J connectivity index is 2.61. The van der Waals surface area contributed by atoms with Crippen molar-refractivity contribution in [2.24, 2.45) is 0 Å². The van der Waals surface area contributed by atoms with E-state index in [2.05, 4.69) is 11.6 Å². The van der Waals surface area contributed by atoms with Gasteiger partial charge in [-0.15, -0.1) is 6.58 Å². The summed E-state index contributed by atoms with van der Waals surface area (Å²) in [6, 6.07) is 4.02. The average Bonchev–Trinajstić information content (AvgIpc) is 2.45. The highest BCUT2D eigenvalue weighted by atomic mass is 16.7. The molecule has 0 aliphatic heterocycles. The number of aryl methyl sites for hydroxylation is 1. The second-order valence-electron chi connectivity index (χ2n) is 4.42. The number of rotatable bonds is 10. The molecule has 1 aromatic heterocycles. The Morgan fingerprint density at radius 1 is 1.20 bits per heavy atom. The van der Waals surface area contributed by atoms with Crippen molar-refractivity contribution in [3.05, 3.63) is 42.2 Å². The summed E-state index contributed by atoms with van der Waals surface area (Å²) in [7, 11) is 0. The molecule has 0 aromatic carbocycles. The van der Waals surface area contributed by atoms with Crippen LogP contribution in [0.15, 0.2) is 31.0 Å². The number of hydrogen-bond donors (Lipinski definition) is 0. The fourth-order valence-corrected chi connectivity index (χ4v) is 1.83. The molecule has 1 atom stereocenters. The normalized spacial score (nSPS) is 12.6. The number of nitrogens with zero attached hydrogens (tertiary/aromatic N) is 1. The van der Waals surface area contributed by atoms with Crippen LogP contribution in [0.5, 0.6) is 0 Å². The van der Waals surface area contributed by atoms with Gasteiger partial charge < -0.3 is 14.2 Å². The van der Waals surface area contributed by atoms with Crippen LogP contribution in [0, 0.1) is 6.92 Å². The van der Waals surface area contributed by atoms with Gasteiger partial charge in [-0.1, -0.05) is 12.1 Å². The summed E-state index contributed by atoms with van der Waals surface area (Å²) in [5.74, 6) is 0. The van der Waals surface area contributed by atoms with Gasteiger partial charge in [0, 0.05) is 25.1 Å². The van der Waals surface area contributed by atoms with Crippen molar-refractivity contribution in [3.8, 4) is 0 Å². The molecule has 1 unspecified atom stereocenters. The molecule has 0 aliphatic carbocycles. The monoisotopic (exact) mass is 279 g/mol. The molecule has 0 bridgehead atoms. The van der Waals surface area contributed by atoms with E-state index in [1.165, 1.54) is 0 Å². The van der Waals surface area contributed by atoms with Crippen molar-refractivity contribution in [2.75, 3.05) is 19.8 Å². The maximum atomic E-state index is 5.91. The Morgan fingerprint density at radius 2 is 1.90 bits per heavy atom. The molecule has 0 fully saturated rings. The largest absolute Gasteiger partial charge is 0.368 e. The maximum Gasteiger partial charge on any atom is 0.180 e. The Kier molecular flexibility index (Phi) is 8.11. The molecule has 1 aromatic rings. The molecule has 0 radical (unpaired) electrons. The Hall–Kier alpha value is -1.23.